The van der Waals surface area contributed by atoms with E-state index in [0.29, 0.717) is 18.0 Å². The number of halogens is 1. The number of nitrogens with one attached hydrogen (secondary N) is 2. The van der Waals surface area contributed by atoms with Crippen molar-refractivity contribution in [3.05, 3.63) is 34.3 Å². The molecule has 0 atom stereocenters. The van der Waals surface area contributed by atoms with Gasteiger partial charge in [-0.25, -0.2) is 0 Å². The predicted molar refractivity (Wildman–Crippen MR) is 94.5 cm³/mol. The Morgan fingerprint density at radius 2 is 1.75 bits per heavy atom. The lowest BCUT2D eigenvalue weighted by molar-refractivity contribution is -0.148. The number of rotatable bonds is 9. The van der Waals surface area contributed by atoms with Gasteiger partial charge in [-0.3, -0.25) is 14.4 Å². The van der Waals surface area contributed by atoms with E-state index >= 15 is 0 Å². The number of benzene rings is 1. The third-order valence-electron chi connectivity index (χ3n) is 3.13. The minimum Gasteiger partial charge on any atom is -0.456 e. The van der Waals surface area contributed by atoms with E-state index < -0.39 is 5.97 Å². The first-order chi connectivity index (χ1) is 11.4. The molecule has 0 aliphatic heterocycles. The minimum absolute atomic E-state index is 0.0154. The lowest BCUT2D eigenvalue weighted by atomic mass is 10.1. The Bertz CT molecular complexity index is 558. The van der Waals surface area contributed by atoms with Crippen LogP contribution in [0, 0.1) is 5.92 Å². The molecule has 0 heterocycles. The summed E-state index contributed by atoms with van der Waals surface area (Å²) in [6.07, 6.45) is 0.892. The molecule has 2 N–H and O–H groups in total. The lowest BCUT2D eigenvalue weighted by Gasteiger charge is -2.08. The molecule has 0 saturated heterocycles. The van der Waals surface area contributed by atoms with Crippen molar-refractivity contribution in [1.29, 1.82) is 0 Å². The molecule has 0 aromatic heterocycles. The number of hydrogen-bond acceptors (Lipinski definition) is 4. The standard InChI is InChI=1S/C17H23BrN2O4/c1-12(2)7-9-19-15(21)11-24-16(22)8-10-20-17(23)13-3-5-14(18)6-4-13/h3-6,12H,7-11H2,1-2H3,(H,19,21)(H,20,23). The van der Waals surface area contributed by atoms with Crippen molar-refractivity contribution in [2.75, 3.05) is 19.7 Å². The molecule has 2 amide bonds. The second kappa shape index (κ2) is 10.8. The van der Waals surface area contributed by atoms with Crippen LogP contribution in [0.3, 0.4) is 0 Å². The van der Waals surface area contributed by atoms with Crippen LogP contribution in [0.2, 0.25) is 0 Å². The molecule has 24 heavy (non-hydrogen) atoms. The first kappa shape index (κ1) is 20.2. The van der Waals surface area contributed by atoms with Crippen LogP contribution in [0.5, 0.6) is 0 Å². The van der Waals surface area contributed by atoms with Gasteiger partial charge in [-0.05, 0) is 36.6 Å². The van der Waals surface area contributed by atoms with Gasteiger partial charge in [0.25, 0.3) is 11.8 Å². The van der Waals surface area contributed by atoms with E-state index in [1.54, 1.807) is 24.3 Å². The summed E-state index contributed by atoms with van der Waals surface area (Å²) in [5, 5.41) is 5.31. The second-order valence-electron chi connectivity index (χ2n) is 5.71. The summed E-state index contributed by atoms with van der Waals surface area (Å²) in [6, 6.07) is 6.89. The Balaban J connectivity index is 2.16. The molecular weight excluding hydrogens is 376 g/mol. The fourth-order valence-electron chi connectivity index (χ4n) is 1.75. The van der Waals surface area contributed by atoms with Crippen molar-refractivity contribution in [3.63, 3.8) is 0 Å². The average molecular weight is 399 g/mol. The van der Waals surface area contributed by atoms with Crippen LogP contribution in [-0.4, -0.2) is 37.5 Å². The van der Waals surface area contributed by atoms with Crippen LogP contribution in [-0.2, 0) is 14.3 Å². The van der Waals surface area contributed by atoms with E-state index in [-0.39, 0.29) is 31.4 Å². The quantitative estimate of drug-likeness (QED) is 0.624. The lowest BCUT2D eigenvalue weighted by Crippen LogP contribution is -2.31. The number of ether oxygens (including phenoxy) is 1. The van der Waals surface area contributed by atoms with Gasteiger partial charge >= 0.3 is 5.97 Å². The predicted octanol–water partition coefficient (Wildman–Crippen LogP) is 2.27. The number of carbonyl (C=O) groups is 3. The van der Waals surface area contributed by atoms with Gasteiger partial charge in [0.05, 0.1) is 6.42 Å². The number of hydrogen-bond donors (Lipinski definition) is 2. The Hall–Kier alpha value is -1.89. The summed E-state index contributed by atoms with van der Waals surface area (Å²) in [5.74, 6) is -0.600. The maximum atomic E-state index is 11.8. The summed E-state index contributed by atoms with van der Waals surface area (Å²) in [5.41, 5.74) is 0.510. The number of carbonyl (C=O) groups excluding carboxylic acids is 3. The zero-order valence-corrected chi connectivity index (χ0v) is 15.5. The van der Waals surface area contributed by atoms with E-state index in [1.165, 1.54) is 0 Å². The number of esters is 1. The third-order valence-corrected chi connectivity index (χ3v) is 3.66. The third kappa shape index (κ3) is 8.67. The van der Waals surface area contributed by atoms with Crippen LogP contribution in [0.1, 0.15) is 37.0 Å². The van der Waals surface area contributed by atoms with Gasteiger partial charge in [-0.2, -0.15) is 0 Å². The van der Waals surface area contributed by atoms with E-state index in [9.17, 15) is 14.4 Å². The van der Waals surface area contributed by atoms with Crippen molar-refractivity contribution < 1.29 is 19.1 Å². The highest BCUT2D eigenvalue weighted by atomic mass is 79.9. The smallest absolute Gasteiger partial charge is 0.308 e. The highest BCUT2D eigenvalue weighted by Gasteiger charge is 2.09. The van der Waals surface area contributed by atoms with Crippen LogP contribution >= 0.6 is 15.9 Å². The molecule has 0 radical (unpaired) electrons. The fourth-order valence-corrected chi connectivity index (χ4v) is 2.02. The molecule has 0 unspecified atom stereocenters. The molecule has 0 spiro atoms. The molecule has 0 aliphatic carbocycles. The maximum Gasteiger partial charge on any atom is 0.308 e. The van der Waals surface area contributed by atoms with Crippen LogP contribution in [0.15, 0.2) is 28.7 Å². The molecular formula is C17H23BrN2O4. The van der Waals surface area contributed by atoms with Crippen LogP contribution in [0.25, 0.3) is 0 Å². The molecule has 1 aromatic carbocycles. The monoisotopic (exact) mass is 398 g/mol. The molecule has 6 nitrogen and oxygen atoms in total. The molecule has 7 heteroatoms. The summed E-state index contributed by atoms with van der Waals surface area (Å²) in [6.45, 7) is 4.56. The zero-order valence-electron chi connectivity index (χ0n) is 13.9. The molecule has 0 aliphatic rings. The van der Waals surface area contributed by atoms with Crippen molar-refractivity contribution in [3.8, 4) is 0 Å². The molecule has 0 bridgehead atoms. The average Bonchev–Trinajstić information content (AvgIpc) is 2.53. The van der Waals surface area contributed by atoms with Gasteiger partial charge in [0, 0.05) is 23.1 Å². The van der Waals surface area contributed by atoms with Gasteiger partial charge in [-0.1, -0.05) is 29.8 Å². The Kier molecular flexibility index (Phi) is 9.07. The fraction of sp³-hybridized carbons (Fsp3) is 0.471. The number of amides is 2. The first-order valence-corrected chi connectivity index (χ1v) is 8.64. The highest BCUT2D eigenvalue weighted by Crippen LogP contribution is 2.10. The zero-order chi connectivity index (χ0) is 17.9. The van der Waals surface area contributed by atoms with E-state index in [2.05, 4.69) is 40.4 Å². The molecule has 132 valence electrons. The van der Waals surface area contributed by atoms with Gasteiger partial charge in [0.2, 0.25) is 0 Å². The normalized spacial score (nSPS) is 10.3. The molecule has 1 aromatic rings. The Morgan fingerprint density at radius 1 is 1.08 bits per heavy atom. The maximum absolute atomic E-state index is 11.8. The van der Waals surface area contributed by atoms with Crippen molar-refractivity contribution in [2.24, 2.45) is 5.92 Å². The molecule has 1 rings (SSSR count). The summed E-state index contributed by atoms with van der Waals surface area (Å²) < 4.78 is 5.74. The van der Waals surface area contributed by atoms with Crippen LogP contribution in [0.4, 0.5) is 0 Å². The molecule has 0 fully saturated rings. The van der Waals surface area contributed by atoms with Crippen molar-refractivity contribution >= 4 is 33.7 Å². The Labute approximate surface area is 150 Å². The van der Waals surface area contributed by atoms with Gasteiger partial charge in [0.15, 0.2) is 6.61 Å². The first-order valence-electron chi connectivity index (χ1n) is 7.84. The summed E-state index contributed by atoms with van der Waals surface area (Å²) in [4.78, 5) is 34.8. The van der Waals surface area contributed by atoms with E-state index in [1.807, 2.05) is 0 Å². The van der Waals surface area contributed by atoms with Crippen LogP contribution < -0.4 is 10.6 Å². The van der Waals surface area contributed by atoms with E-state index in [4.69, 9.17) is 4.74 Å². The topological polar surface area (TPSA) is 84.5 Å². The van der Waals surface area contributed by atoms with Gasteiger partial charge in [-0.15, -0.1) is 0 Å². The highest BCUT2D eigenvalue weighted by molar-refractivity contribution is 9.10. The molecule has 0 saturated carbocycles. The SMILES string of the molecule is CC(C)CCNC(=O)COC(=O)CCNC(=O)c1ccc(Br)cc1. The van der Waals surface area contributed by atoms with Gasteiger partial charge < -0.3 is 15.4 Å². The minimum atomic E-state index is -0.523. The summed E-state index contributed by atoms with van der Waals surface area (Å²) in [7, 11) is 0. The van der Waals surface area contributed by atoms with Gasteiger partial charge in [0.1, 0.15) is 0 Å². The van der Waals surface area contributed by atoms with Crippen molar-refractivity contribution in [2.45, 2.75) is 26.7 Å². The largest absolute Gasteiger partial charge is 0.456 e. The Morgan fingerprint density at radius 3 is 2.38 bits per heavy atom. The van der Waals surface area contributed by atoms with Crippen molar-refractivity contribution in [1.82, 2.24) is 10.6 Å². The second-order valence-corrected chi connectivity index (χ2v) is 6.62. The summed E-state index contributed by atoms with van der Waals surface area (Å²) >= 11 is 3.29. The van der Waals surface area contributed by atoms with E-state index in [0.717, 1.165) is 10.9 Å².